The van der Waals surface area contributed by atoms with Crippen LogP contribution in [-0.4, -0.2) is 78.4 Å². The van der Waals surface area contributed by atoms with E-state index in [2.05, 4.69) is 58.1 Å². The lowest BCUT2D eigenvalue weighted by atomic mass is 9.88. The second-order valence-corrected chi connectivity index (χ2v) is 13.1. The van der Waals surface area contributed by atoms with Gasteiger partial charge in [-0.3, -0.25) is 0 Å². The lowest BCUT2D eigenvalue weighted by molar-refractivity contribution is 0.0612. The molecule has 4 atom stereocenters. The Kier molecular flexibility index (Phi) is 7.17. The second kappa shape index (κ2) is 10.3. The van der Waals surface area contributed by atoms with Crippen LogP contribution in [-0.2, 0) is 9.84 Å². The summed E-state index contributed by atoms with van der Waals surface area (Å²) in [6.07, 6.45) is 2.84. The van der Waals surface area contributed by atoms with Crippen LogP contribution in [0.1, 0.15) is 38.7 Å². The molecule has 2 fully saturated rings. The molecule has 0 bridgehead atoms. The molecule has 11 heteroatoms. The van der Waals surface area contributed by atoms with E-state index in [9.17, 15) is 17.9 Å². The first-order valence-corrected chi connectivity index (χ1v) is 15.1. The molecule has 0 saturated carbocycles. The Morgan fingerprint density at radius 1 is 1.16 bits per heavy atom. The van der Waals surface area contributed by atoms with Crippen molar-refractivity contribution in [3.05, 3.63) is 42.2 Å². The number of benzene rings is 1. The number of anilines is 4. The first-order chi connectivity index (χ1) is 18.0. The molecule has 0 amide bonds. The highest BCUT2D eigenvalue weighted by molar-refractivity contribution is 7.90. The molecule has 2 N–H and O–H groups in total. The molecule has 204 valence electrons. The van der Waals surface area contributed by atoms with Crippen molar-refractivity contribution in [3.63, 3.8) is 0 Å². The summed E-state index contributed by atoms with van der Waals surface area (Å²) in [7, 11) is -3.02. The van der Waals surface area contributed by atoms with Crippen molar-refractivity contribution in [2.45, 2.75) is 51.4 Å². The van der Waals surface area contributed by atoms with Gasteiger partial charge < -0.3 is 20.2 Å². The van der Waals surface area contributed by atoms with Crippen LogP contribution in [0, 0.1) is 5.92 Å². The van der Waals surface area contributed by atoms with Gasteiger partial charge in [0.15, 0.2) is 0 Å². The monoisotopic (exact) mass is 542 g/mol. The number of aliphatic hydroxyl groups excluding tert-OH is 1. The van der Waals surface area contributed by atoms with Crippen LogP contribution in [0.4, 0.5) is 27.7 Å². The highest BCUT2D eigenvalue weighted by atomic mass is 32.2. The number of sulfone groups is 1. The number of pyridine rings is 1. The second-order valence-electron chi connectivity index (χ2n) is 10.9. The van der Waals surface area contributed by atoms with Crippen LogP contribution in [0.15, 0.2) is 36.7 Å². The van der Waals surface area contributed by atoms with E-state index in [0.717, 1.165) is 16.5 Å². The maximum Gasteiger partial charge on any atom is 0.227 e. The van der Waals surface area contributed by atoms with Gasteiger partial charge in [-0.15, -0.1) is 0 Å². The summed E-state index contributed by atoms with van der Waals surface area (Å²) in [4.78, 5) is 17.5. The van der Waals surface area contributed by atoms with Crippen LogP contribution in [0.2, 0.25) is 0 Å². The van der Waals surface area contributed by atoms with Crippen molar-refractivity contribution in [1.82, 2.24) is 15.0 Å². The molecular weight excluding hydrogens is 507 g/mol. The van der Waals surface area contributed by atoms with Crippen LogP contribution in [0.3, 0.4) is 0 Å². The minimum atomic E-state index is -3.02. The maximum atomic E-state index is 14.0. The van der Waals surface area contributed by atoms with Crippen molar-refractivity contribution in [1.29, 1.82) is 0 Å². The van der Waals surface area contributed by atoms with Crippen molar-refractivity contribution < 1.29 is 17.9 Å². The van der Waals surface area contributed by atoms with Crippen molar-refractivity contribution >= 4 is 43.9 Å². The number of aromatic nitrogens is 3. The Hall–Kier alpha value is -3.05. The van der Waals surface area contributed by atoms with E-state index < -0.39 is 22.1 Å². The molecule has 9 nitrogen and oxygen atoms in total. The third-order valence-corrected chi connectivity index (χ3v) is 8.69. The third kappa shape index (κ3) is 5.40. The van der Waals surface area contributed by atoms with E-state index in [-0.39, 0.29) is 24.3 Å². The van der Waals surface area contributed by atoms with Crippen molar-refractivity contribution in [3.8, 4) is 0 Å². The number of halogens is 1. The number of hydrogen-bond donors (Lipinski definition) is 2. The van der Waals surface area contributed by atoms with Crippen LogP contribution >= 0.6 is 0 Å². The Balaban J connectivity index is 1.41. The SMILES string of the molecule is CC(C)c1ccc(N2C[C@H](CS(C)(=O)=O)[C@H]2C)c2cnc(Nc3ccnc(N4CC[C@H](O)[C@H](F)C4)n3)cc12. The molecule has 0 unspecified atom stereocenters. The third-order valence-electron chi connectivity index (χ3n) is 7.65. The van der Waals surface area contributed by atoms with Crippen LogP contribution < -0.4 is 15.1 Å². The van der Waals surface area contributed by atoms with E-state index >= 15 is 0 Å². The molecule has 38 heavy (non-hydrogen) atoms. The van der Waals surface area contributed by atoms with E-state index in [0.29, 0.717) is 43.0 Å². The fourth-order valence-electron chi connectivity index (χ4n) is 5.43. The predicted octanol–water partition coefficient (Wildman–Crippen LogP) is 3.67. The average molecular weight is 543 g/mol. The van der Waals surface area contributed by atoms with E-state index in [1.807, 2.05) is 12.3 Å². The number of nitrogens with one attached hydrogen (secondary N) is 1. The number of alkyl halides is 1. The van der Waals surface area contributed by atoms with Gasteiger partial charge in [-0.2, -0.15) is 4.98 Å². The van der Waals surface area contributed by atoms with Crippen LogP contribution in [0.5, 0.6) is 0 Å². The standard InChI is InChI=1S/C27H35FN6O3S/c1-16(2)19-5-6-23(34-13-18(17(34)3)15-38(4,36)37)21-12-30-26(11-20(19)21)31-25-7-9-29-27(32-25)33-10-8-24(35)22(28)14-33/h5-7,9,11-12,16-18,22,24,35H,8,10,13-15H2,1-4H3,(H,29,30,31,32)/t17-,18-,22-,24+/m1/s1. The molecule has 2 aliphatic heterocycles. The number of nitrogens with zero attached hydrogens (tertiary/aromatic N) is 5. The Labute approximate surface area is 223 Å². The molecule has 0 aliphatic carbocycles. The normalized spacial score (nSPS) is 24.1. The number of rotatable bonds is 7. The number of piperidine rings is 1. The zero-order chi connectivity index (χ0) is 27.2. The molecule has 2 aromatic heterocycles. The highest BCUT2D eigenvalue weighted by Crippen LogP contribution is 2.39. The molecule has 1 aromatic carbocycles. The smallest absolute Gasteiger partial charge is 0.227 e. The van der Waals surface area contributed by atoms with Gasteiger partial charge in [0.2, 0.25) is 5.95 Å². The molecule has 2 aliphatic rings. The lowest BCUT2D eigenvalue weighted by Gasteiger charge is -2.48. The minimum absolute atomic E-state index is 0.0549. The van der Waals surface area contributed by atoms with Crippen molar-refractivity contribution in [2.75, 3.05) is 46.8 Å². The van der Waals surface area contributed by atoms with Gasteiger partial charge in [-0.05, 0) is 48.4 Å². The van der Waals surface area contributed by atoms with E-state index in [1.54, 1.807) is 17.2 Å². The predicted molar refractivity (Wildman–Crippen MR) is 149 cm³/mol. The van der Waals surface area contributed by atoms with E-state index in [4.69, 9.17) is 0 Å². The van der Waals surface area contributed by atoms with Gasteiger partial charge in [0, 0.05) is 54.8 Å². The van der Waals surface area contributed by atoms with Gasteiger partial charge in [0.05, 0.1) is 18.4 Å². The zero-order valence-electron chi connectivity index (χ0n) is 22.2. The lowest BCUT2D eigenvalue weighted by Crippen LogP contribution is -2.57. The maximum absolute atomic E-state index is 14.0. The van der Waals surface area contributed by atoms with Gasteiger partial charge >= 0.3 is 0 Å². The number of hydrogen-bond acceptors (Lipinski definition) is 9. The first kappa shape index (κ1) is 26.6. The molecule has 4 heterocycles. The summed E-state index contributed by atoms with van der Waals surface area (Å²) < 4.78 is 37.7. The molecule has 0 radical (unpaired) electrons. The van der Waals surface area contributed by atoms with E-state index in [1.165, 1.54) is 11.8 Å². The molecule has 5 rings (SSSR count). The topological polar surface area (TPSA) is 112 Å². The molecular formula is C27H35FN6O3S. The highest BCUT2D eigenvalue weighted by Gasteiger charge is 2.38. The summed E-state index contributed by atoms with van der Waals surface area (Å²) >= 11 is 0. The Morgan fingerprint density at radius 3 is 2.63 bits per heavy atom. The quantitative estimate of drug-likeness (QED) is 0.462. The first-order valence-electron chi connectivity index (χ1n) is 13.0. The number of fused-ring (bicyclic) bond motifs is 1. The van der Waals surface area contributed by atoms with Crippen molar-refractivity contribution in [2.24, 2.45) is 5.92 Å². The Morgan fingerprint density at radius 2 is 1.95 bits per heavy atom. The molecule has 2 saturated heterocycles. The van der Waals surface area contributed by atoms with Gasteiger partial charge in [-0.25, -0.2) is 22.8 Å². The fraction of sp³-hybridized carbons (Fsp3) is 0.519. The summed E-state index contributed by atoms with van der Waals surface area (Å²) in [5, 5.41) is 15.1. The minimum Gasteiger partial charge on any atom is -0.390 e. The van der Waals surface area contributed by atoms with Crippen LogP contribution in [0.25, 0.3) is 10.8 Å². The summed E-state index contributed by atoms with van der Waals surface area (Å²) in [6.45, 7) is 7.62. The largest absolute Gasteiger partial charge is 0.390 e. The molecule has 3 aromatic rings. The molecule has 0 spiro atoms. The van der Waals surface area contributed by atoms with Gasteiger partial charge in [0.1, 0.15) is 27.6 Å². The number of aliphatic hydroxyl groups is 1. The summed E-state index contributed by atoms with van der Waals surface area (Å²) in [5.74, 6) is 2.19. The Bertz CT molecular complexity index is 1440. The average Bonchev–Trinajstić information content (AvgIpc) is 2.86. The zero-order valence-corrected chi connectivity index (χ0v) is 23.0. The summed E-state index contributed by atoms with van der Waals surface area (Å²) in [5.41, 5.74) is 2.25. The fourth-order valence-corrected chi connectivity index (χ4v) is 6.59. The van der Waals surface area contributed by atoms with Gasteiger partial charge in [0.25, 0.3) is 0 Å². The summed E-state index contributed by atoms with van der Waals surface area (Å²) in [6, 6.07) is 8.14. The van der Waals surface area contributed by atoms with Gasteiger partial charge in [-0.1, -0.05) is 19.9 Å².